The topological polar surface area (TPSA) is 124 Å². The number of quaternary nitrogens is 2. The lowest BCUT2D eigenvalue weighted by Gasteiger charge is -2.35. The summed E-state index contributed by atoms with van der Waals surface area (Å²) in [6.45, 7) is 22.4. The van der Waals surface area contributed by atoms with Gasteiger partial charge in [0.25, 0.3) is 0 Å². The number of unbranched alkanes of at least 4 members (excludes halogenated alkanes) is 30. The van der Waals surface area contributed by atoms with Crippen LogP contribution in [0.25, 0.3) is 0 Å². The highest BCUT2D eigenvalue weighted by atomic mass is 32.3. The summed E-state index contributed by atoms with van der Waals surface area (Å²) >= 11 is 0. The van der Waals surface area contributed by atoms with E-state index in [0.29, 0.717) is 0 Å². The molecule has 0 radical (unpaired) electrons. The third kappa shape index (κ3) is 55.8. The predicted molar refractivity (Wildman–Crippen MR) is 262 cm³/mol. The highest BCUT2D eigenvalue weighted by Gasteiger charge is 2.21. The molecule has 0 fully saturated rings. The highest BCUT2D eigenvalue weighted by Crippen LogP contribution is 2.18. The van der Waals surface area contributed by atoms with E-state index in [1.54, 1.807) is 0 Å². The van der Waals surface area contributed by atoms with Crippen LogP contribution in [0, 0.1) is 0 Å². The number of nitrogens with zero attached hydrogens (tertiary/aromatic N) is 2. The second-order valence-electron chi connectivity index (χ2n) is 19.1. The average Bonchev–Trinajstić information content (AvgIpc) is 3.19. The minimum absolute atomic E-state index is 1.36. The summed E-state index contributed by atoms with van der Waals surface area (Å²) in [6, 6.07) is 0. The second-order valence-corrected chi connectivity index (χ2v) is 21.2. The van der Waals surface area contributed by atoms with Crippen LogP contribution in [0.4, 0.5) is 0 Å². The molecule has 11 heteroatoms. The normalized spacial score (nSPS) is 12.2. The summed E-state index contributed by atoms with van der Waals surface area (Å²) in [5.74, 6) is 0. The molecule has 0 spiro atoms. The van der Waals surface area contributed by atoms with Crippen LogP contribution in [0.5, 0.6) is 0 Å². The standard InChI is InChI=1S/2C25H54N.H2O7S2/c2*1-5-8-11-14-17-20-23-26(4,24-21-18-15-12-9-6-2)25-22-19-16-13-10-7-3;1-8(2,3)7-9(4,5)6/h2*5-25H2,1-4H3;(H,1,2,3)(H,4,5,6)/q2*+1;/p-2. The predicted octanol–water partition coefficient (Wildman–Crippen LogP) is 15.0. The molecule has 0 aromatic heterocycles. The minimum Gasteiger partial charge on any atom is -0.725 e. The fraction of sp³-hybridized carbons (Fsp3) is 1.00. The third-order valence-electron chi connectivity index (χ3n) is 12.5. The second kappa shape index (κ2) is 46.2. The van der Waals surface area contributed by atoms with Gasteiger partial charge in [-0.15, -0.1) is 0 Å². The largest absolute Gasteiger partial charge is 0.725 e. The Bertz CT molecular complexity index is 924. The minimum atomic E-state index is -5.43. The first-order valence-corrected chi connectivity index (χ1v) is 29.0. The highest BCUT2D eigenvalue weighted by molar-refractivity contribution is 7.94. The summed E-state index contributed by atoms with van der Waals surface area (Å²) < 4.78 is 60.9. The number of hydrogen-bond acceptors (Lipinski definition) is 7. The molecule has 0 N–H and O–H groups in total. The number of rotatable bonds is 44. The van der Waals surface area contributed by atoms with Gasteiger partial charge in [-0.3, -0.25) is 0 Å². The molecule has 0 heterocycles. The molecule has 0 aliphatic heterocycles. The number of hydrogen-bond donors (Lipinski definition) is 0. The zero-order chi connectivity index (χ0) is 46.4. The average molecular weight is 914 g/mol. The Morgan fingerprint density at radius 3 is 0.525 bits per heavy atom. The van der Waals surface area contributed by atoms with Crippen molar-refractivity contribution in [3.63, 3.8) is 0 Å². The fourth-order valence-electron chi connectivity index (χ4n) is 8.42. The molecule has 0 aliphatic rings. The van der Waals surface area contributed by atoms with Crippen molar-refractivity contribution < 1.29 is 38.5 Å². The molecule has 0 unspecified atom stereocenters. The lowest BCUT2D eigenvalue weighted by molar-refractivity contribution is -0.910. The van der Waals surface area contributed by atoms with Crippen molar-refractivity contribution in [2.75, 3.05) is 53.4 Å². The first kappa shape index (κ1) is 65.0. The molecule has 0 saturated carbocycles. The molecule has 0 amide bonds. The van der Waals surface area contributed by atoms with Crippen LogP contribution in [0.3, 0.4) is 0 Å². The van der Waals surface area contributed by atoms with E-state index in [9.17, 15) is 25.9 Å². The van der Waals surface area contributed by atoms with Gasteiger partial charge in [0.05, 0.1) is 53.4 Å². The lowest BCUT2D eigenvalue weighted by atomic mass is 10.1. The van der Waals surface area contributed by atoms with Gasteiger partial charge < -0.3 is 18.1 Å². The van der Waals surface area contributed by atoms with Crippen LogP contribution in [-0.4, -0.2) is 88.3 Å². The van der Waals surface area contributed by atoms with Crippen molar-refractivity contribution in [2.45, 2.75) is 273 Å². The molecule has 0 rings (SSSR count). The van der Waals surface area contributed by atoms with Gasteiger partial charge in [-0.2, -0.15) is 3.63 Å². The molecule has 0 aromatic carbocycles. The molecule has 61 heavy (non-hydrogen) atoms. The zero-order valence-corrected chi connectivity index (χ0v) is 43.9. The van der Waals surface area contributed by atoms with Gasteiger partial charge in [-0.25, -0.2) is 16.8 Å². The fourth-order valence-corrected chi connectivity index (χ4v) is 9.23. The maximum Gasteiger partial charge on any atom is 0.231 e. The quantitative estimate of drug-likeness (QED) is 0.0258. The smallest absolute Gasteiger partial charge is 0.231 e. The molecular formula is C50H108N2O7S2. The van der Waals surface area contributed by atoms with E-state index in [4.69, 9.17) is 0 Å². The molecule has 9 nitrogen and oxygen atoms in total. The Morgan fingerprint density at radius 2 is 0.410 bits per heavy atom. The molecule has 0 atom stereocenters. The van der Waals surface area contributed by atoms with Crippen molar-refractivity contribution in [3.05, 3.63) is 0 Å². The van der Waals surface area contributed by atoms with Crippen LogP contribution < -0.4 is 0 Å². The van der Waals surface area contributed by atoms with Crippen LogP contribution in [0.2, 0.25) is 0 Å². The van der Waals surface area contributed by atoms with Crippen molar-refractivity contribution in [2.24, 2.45) is 0 Å². The Hall–Kier alpha value is -0.300. The summed E-state index contributed by atoms with van der Waals surface area (Å²) in [7, 11) is -5.75. The van der Waals surface area contributed by atoms with Gasteiger partial charge in [-0.1, -0.05) is 196 Å². The summed E-state index contributed by atoms with van der Waals surface area (Å²) in [6.07, 6.45) is 51.7. The molecular weight excluding hydrogens is 805 g/mol. The van der Waals surface area contributed by atoms with Crippen LogP contribution in [0.15, 0.2) is 0 Å². The Kier molecular flexibility index (Phi) is 49.3. The van der Waals surface area contributed by atoms with Gasteiger partial charge >= 0.3 is 0 Å². The Morgan fingerprint density at radius 1 is 0.279 bits per heavy atom. The van der Waals surface area contributed by atoms with Gasteiger partial charge in [0.1, 0.15) is 0 Å². The van der Waals surface area contributed by atoms with Gasteiger partial charge in [-0.05, 0) is 77.0 Å². The summed E-state index contributed by atoms with van der Waals surface area (Å²) in [5, 5.41) is 0. The van der Waals surface area contributed by atoms with Gasteiger partial charge in [0.15, 0.2) is 0 Å². The van der Waals surface area contributed by atoms with E-state index in [0.717, 1.165) is 0 Å². The maximum absolute atomic E-state index is 9.29. The molecule has 372 valence electrons. The van der Waals surface area contributed by atoms with E-state index in [-0.39, 0.29) is 0 Å². The van der Waals surface area contributed by atoms with Gasteiger partial charge in [0, 0.05) is 0 Å². The van der Waals surface area contributed by atoms with Crippen LogP contribution >= 0.6 is 0 Å². The Balaban J connectivity index is -0.000000918. The van der Waals surface area contributed by atoms with E-state index in [1.807, 2.05) is 0 Å². The summed E-state index contributed by atoms with van der Waals surface area (Å²) in [5.41, 5.74) is 0. The first-order chi connectivity index (χ1) is 29.1. The SMILES string of the molecule is CCCCCCCC[N+](C)(CCCCCCCC)CCCCCCCC.CCCCCCCC[N+](C)(CCCCCCCC)CCCCCCCC.O=S(=O)([O-])OS(=O)(=O)[O-]. The maximum atomic E-state index is 9.29. The van der Waals surface area contributed by atoms with Crippen LogP contribution in [-0.2, 0) is 24.4 Å². The van der Waals surface area contributed by atoms with E-state index in [2.05, 4.69) is 59.3 Å². The van der Waals surface area contributed by atoms with Gasteiger partial charge in [0.2, 0.25) is 20.8 Å². The van der Waals surface area contributed by atoms with E-state index >= 15 is 0 Å². The van der Waals surface area contributed by atoms with Crippen molar-refractivity contribution in [3.8, 4) is 0 Å². The molecule has 0 aromatic rings. The first-order valence-electron chi connectivity index (χ1n) is 26.4. The van der Waals surface area contributed by atoms with Crippen LogP contribution in [0.1, 0.15) is 273 Å². The van der Waals surface area contributed by atoms with Crippen molar-refractivity contribution in [1.82, 2.24) is 0 Å². The third-order valence-corrected chi connectivity index (χ3v) is 13.8. The van der Waals surface area contributed by atoms with E-state index < -0.39 is 20.8 Å². The zero-order valence-electron chi connectivity index (χ0n) is 42.3. The lowest BCUT2D eigenvalue weighted by Crippen LogP contribution is -2.46. The van der Waals surface area contributed by atoms with Crippen molar-refractivity contribution in [1.29, 1.82) is 0 Å². The van der Waals surface area contributed by atoms with Crippen molar-refractivity contribution >= 4 is 20.8 Å². The Labute approximate surface area is 383 Å². The monoisotopic (exact) mass is 913 g/mol. The summed E-state index contributed by atoms with van der Waals surface area (Å²) in [4.78, 5) is 0. The van der Waals surface area contributed by atoms with E-state index in [1.165, 1.54) is 279 Å². The molecule has 0 aliphatic carbocycles. The molecule has 0 bridgehead atoms. The molecule has 0 saturated heterocycles.